The van der Waals surface area contributed by atoms with Crippen LogP contribution in [0.4, 0.5) is 17.5 Å². The van der Waals surface area contributed by atoms with Crippen molar-refractivity contribution in [2.75, 3.05) is 30.4 Å². The van der Waals surface area contributed by atoms with E-state index in [9.17, 15) is 10.1 Å². The Hall–Kier alpha value is -2.00. The van der Waals surface area contributed by atoms with E-state index >= 15 is 0 Å². The molecule has 1 aliphatic rings. The van der Waals surface area contributed by atoms with Gasteiger partial charge >= 0.3 is 5.69 Å². The van der Waals surface area contributed by atoms with Crippen molar-refractivity contribution in [2.45, 2.75) is 32.2 Å². The van der Waals surface area contributed by atoms with E-state index in [2.05, 4.69) is 25.6 Å². The van der Waals surface area contributed by atoms with Gasteiger partial charge in [0.25, 0.3) is 0 Å². The number of nitro groups is 1. The van der Waals surface area contributed by atoms with Gasteiger partial charge < -0.3 is 10.2 Å². The van der Waals surface area contributed by atoms with Gasteiger partial charge in [-0.25, -0.2) is 10.8 Å². The summed E-state index contributed by atoms with van der Waals surface area (Å²) in [6.07, 6.45) is 4.85. The predicted molar refractivity (Wildman–Crippen MR) is 79.9 cm³/mol. The average molecular weight is 295 g/mol. The molecule has 1 saturated heterocycles. The molecule has 1 aliphatic heterocycles. The Balaban J connectivity index is 2.04. The Labute approximate surface area is 123 Å². The molecule has 0 spiro atoms. The van der Waals surface area contributed by atoms with Gasteiger partial charge in [-0.1, -0.05) is 6.42 Å². The minimum absolute atomic E-state index is 0.0438. The molecule has 116 valence electrons. The number of nitrogens with two attached hydrogens (primary N) is 1. The van der Waals surface area contributed by atoms with Crippen molar-refractivity contribution in [3.8, 4) is 0 Å². The molecule has 9 nitrogen and oxygen atoms in total. The first-order chi connectivity index (χ1) is 10.1. The molecule has 0 radical (unpaired) electrons. The molecule has 9 heteroatoms. The smallest absolute Gasteiger partial charge is 0.329 e. The van der Waals surface area contributed by atoms with Gasteiger partial charge in [0.1, 0.15) is 6.20 Å². The zero-order chi connectivity index (χ0) is 15.2. The molecule has 21 heavy (non-hydrogen) atoms. The van der Waals surface area contributed by atoms with E-state index < -0.39 is 4.92 Å². The van der Waals surface area contributed by atoms with Crippen LogP contribution in [0.15, 0.2) is 6.20 Å². The lowest BCUT2D eigenvalue weighted by Crippen LogP contribution is -2.38. The van der Waals surface area contributed by atoms with Crippen molar-refractivity contribution in [3.05, 3.63) is 16.3 Å². The minimum Gasteiger partial charge on any atom is -0.360 e. The predicted octanol–water partition coefficient (Wildman–Crippen LogP) is 0.957. The van der Waals surface area contributed by atoms with Gasteiger partial charge in [0.15, 0.2) is 0 Å². The standard InChI is InChI=1S/C12H21N7O2/c1-9(8-18-5-3-2-4-6-18)15-11-10(19(20)21)7-14-12(16-11)17-13/h7,9H,2-6,8,13H2,1H3,(H2,14,15,16,17). The van der Waals surface area contributed by atoms with E-state index in [0.29, 0.717) is 0 Å². The molecule has 1 fully saturated rings. The second-order valence-electron chi connectivity index (χ2n) is 5.24. The summed E-state index contributed by atoms with van der Waals surface area (Å²) in [6.45, 7) is 4.96. The molecule has 1 aromatic rings. The number of nitrogens with one attached hydrogen (secondary N) is 2. The van der Waals surface area contributed by atoms with E-state index in [1.807, 2.05) is 6.92 Å². The van der Waals surface area contributed by atoms with Crippen LogP contribution in [0, 0.1) is 10.1 Å². The molecule has 2 heterocycles. The fourth-order valence-electron chi connectivity index (χ4n) is 2.49. The summed E-state index contributed by atoms with van der Waals surface area (Å²) in [7, 11) is 0. The van der Waals surface area contributed by atoms with Crippen molar-refractivity contribution >= 4 is 17.5 Å². The van der Waals surface area contributed by atoms with Crippen LogP contribution in [0.25, 0.3) is 0 Å². The zero-order valence-corrected chi connectivity index (χ0v) is 12.1. The summed E-state index contributed by atoms with van der Waals surface area (Å²) >= 11 is 0. The minimum atomic E-state index is -0.504. The van der Waals surface area contributed by atoms with Crippen LogP contribution in [0.3, 0.4) is 0 Å². The van der Waals surface area contributed by atoms with Crippen LogP contribution < -0.4 is 16.6 Å². The van der Waals surface area contributed by atoms with Crippen LogP contribution in [-0.2, 0) is 0 Å². The van der Waals surface area contributed by atoms with Crippen LogP contribution >= 0.6 is 0 Å². The first-order valence-electron chi connectivity index (χ1n) is 7.07. The first kappa shape index (κ1) is 15.4. The maximum Gasteiger partial charge on any atom is 0.329 e. The lowest BCUT2D eigenvalue weighted by molar-refractivity contribution is -0.384. The molecule has 0 amide bonds. The second kappa shape index (κ2) is 7.14. The third-order valence-electron chi connectivity index (χ3n) is 3.46. The number of anilines is 2. The Morgan fingerprint density at radius 2 is 2.19 bits per heavy atom. The molecule has 1 unspecified atom stereocenters. The lowest BCUT2D eigenvalue weighted by Gasteiger charge is -2.29. The maximum absolute atomic E-state index is 11.0. The molecule has 2 rings (SSSR count). The average Bonchev–Trinajstić information content (AvgIpc) is 2.47. The van der Waals surface area contributed by atoms with Gasteiger partial charge in [0.2, 0.25) is 11.8 Å². The van der Waals surface area contributed by atoms with E-state index in [1.165, 1.54) is 19.3 Å². The van der Waals surface area contributed by atoms with Crippen LogP contribution in [0.1, 0.15) is 26.2 Å². The normalized spacial score (nSPS) is 17.2. The van der Waals surface area contributed by atoms with Crippen LogP contribution in [0.5, 0.6) is 0 Å². The third kappa shape index (κ3) is 4.23. The number of piperidine rings is 1. The number of rotatable bonds is 6. The molecule has 4 N–H and O–H groups in total. The number of nitrogens with zero attached hydrogens (tertiary/aromatic N) is 4. The Bertz CT molecular complexity index is 490. The van der Waals surface area contributed by atoms with Gasteiger partial charge in [-0.3, -0.25) is 15.5 Å². The van der Waals surface area contributed by atoms with E-state index in [-0.39, 0.29) is 23.5 Å². The van der Waals surface area contributed by atoms with E-state index in [0.717, 1.165) is 25.8 Å². The largest absolute Gasteiger partial charge is 0.360 e. The Kier molecular flexibility index (Phi) is 5.23. The highest BCUT2D eigenvalue weighted by atomic mass is 16.6. The number of aromatic nitrogens is 2. The molecule has 0 saturated carbocycles. The maximum atomic E-state index is 11.0. The SMILES string of the molecule is CC(CN1CCCCC1)Nc1nc(NN)ncc1[N+](=O)[O-]. The fraction of sp³-hybridized carbons (Fsp3) is 0.667. The number of nitrogen functional groups attached to an aromatic ring is 1. The Morgan fingerprint density at radius 3 is 2.81 bits per heavy atom. The highest BCUT2D eigenvalue weighted by Gasteiger charge is 2.20. The number of hydrogen-bond acceptors (Lipinski definition) is 8. The van der Waals surface area contributed by atoms with E-state index in [1.54, 1.807) is 0 Å². The molecule has 1 aromatic heterocycles. The lowest BCUT2D eigenvalue weighted by atomic mass is 10.1. The zero-order valence-electron chi connectivity index (χ0n) is 12.1. The molecule has 0 aliphatic carbocycles. The molecular formula is C12H21N7O2. The Morgan fingerprint density at radius 1 is 1.48 bits per heavy atom. The van der Waals surface area contributed by atoms with Gasteiger partial charge in [-0.05, 0) is 32.9 Å². The fourth-order valence-corrected chi connectivity index (χ4v) is 2.49. The van der Waals surface area contributed by atoms with Crippen molar-refractivity contribution in [1.82, 2.24) is 14.9 Å². The molecule has 1 atom stereocenters. The highest BCUT2D eigenvalue weighted by Crippen LogP contribution is 2.22. The van der Waals surface area contributed by atoms with Gasteiger partial charge in [-0.2, -0.15) is 4.98 Å². The van der Waals surface area contributed by atoms with Crippen molar-refractivity contribution in [2.24, 2.45) is 5.84 Å². The summed E-state index contributed by atoms with van der Waals surface area (Å²) in [5, 5.41) is 14.1. The molecular weight excluding hydrogens is 274 g/mol. The summed E-state index contributed by atoms with van der Waals surface area (Å²) in [4.78, 5) is 20.7. The first-order valence-corrected chi connectivity index (χ1v) is 7.07. The summed E-state index contributed by atoms with van der Waals surface area (Å²) < 4.78 is 0. The molecule has 0 bridgehead atoms. The highest BCUT2D eigenvalue weighted by molar-refractivity contribution is 5.57. The monoisotopic (exact) mass is 295 g/mol. The van der Waals surface area contributed by atoms with Crippen LogP contribution in [-0.4, -0.2) is 45.5 Å². The topological polar surface area (TPSA) is 122 Å². The second-order valence-corrected chi connectivity index (χ2v) is 5.24. The summed E-state index contributed by atoms with van der Waals surface area (Å²) in [5.74, 6) is 5.58. The van der Waals surface area contributed by atoms with Gasteiger partial charge in [0.05, 0.1) is 4.92 Å². The third-order valence-corrected chi connectivity index (χ3v) is 3.46. The van der Waals surface area contributed by atoms with Gasteiger partial charge in [0, 0.05) is 12.6 Å². The van der Waals surface area contributed by atoms with Crippen molar-refractivity contribution in [3.63, 3.8) is 0 Å². The number of hydrogen-bond donors (Lipinski definition) is 3. The van der Waals surface area contributed by atoms with Gasteiger partial charge in [-0.15, -0.1) is 0 Å². The number of hydrazine groups is 1. The number of likely N-dealkylation sites (tertiary alicyclic amines) is 1. The quantitative estimate of drug-likeness (QED) is 0.403. The summed E-state index contributed by atoms with van der Waals surface area (Å²) in [5.41, 5.74) is 2.14. The van der Waals surface area contributed by atoms with Crippen LogP contribution in [0.2, 0.25) is 0 Å². The van der Waals surface area contributed by atoms with Crippen molar-refractivity contribution < 1.29 is 4.92 Å². The van der Waals surface area contributed by atoms with Crippen molar-refractivity contribution in [1.29, 1.82) is 0 Å². The summed E-state index contributed by atoms with van der Waals surface area (Å²) in [6, 6.07) is 0.0438. The molecule has 0 aromatic carbocycles. The van der Waals surface area contributed by atoms with E-state index in [4.69, 9.17) is 5.84 Å².